The predicted octanol–water partition coefficient (Wildman–Crippen LogP) is 1.16. The monoisotopic (exact) mass is 218 g/mol. The van der Waals surface area contributed by atoms with E-state index in [-0.39, 0.29) is 0 Å². The molecule has 1 atom stereocenters. The van der Waals surface area contributed by atoms with Crippen molar-refractivity contribution in [3.05, 3.63) is 17.5 Å². The second-order valence-electron chi connectivity index (χ2n) is 2.50. The number of rotatable bonds is 2. The Morgan fingerprint density at radius 2 is 2.45 bits per heavy atom. The van der Waals surface area contributed by atoms with Gasteiger partial charge in [-0.3, -0.25) is 4.68 Å². The normalized spacial score (nSPS) is 13.5. The smallest absolute Gasteiger partial charge is 0.107 e. The lowest BCUT2D eigenvalue weighted by atomic mass is 10.3. The minimum atomic E-state index is -0.491. The second kappa shape index (κ2) is 3.36. The Morgan fingerprint density at radius 3 is 2.82 bits per heavy atom. The highest BCUT2D eigenvalue weighted by Gasteiger charge is 2.09. The number of halogens is 1. The fourth-order valence-corrected chi connectivity index (χ4v) is 1.16. The Labute approximate surface area is 74.2 Å². The molecule has 1 N–H and O–H groups in total. The third kappa shape index (κ3) is 1.81. The highest BCUT2D eigenvalue weighted by atomic mass is 79.9. The highest BCUT2D eigenvalue weighted by molar-refractivity contribution is 9.09. The summed E-state index contributed by atoms with van der Waals surface area (Å²) in [5.74, 6) is 0. The number of alkyl halides is 1. The fraction of sp³-hybridized carbons (Fsp3) is 0.571. The Kier molecular flexibility index (Phi) is 2.67. The maximum atomic E-state index is 9.34. The van der Waals surface area contributed by atoms with Gasteiger partial charge in [0.15, 0.2) is 0 Å². The van der Waals surface area contributed by atoms with E-state index in [4.69, 9.17) is 0 Å². The molecule has 0 aliphatic carbocycles. The molecule has 0 aliphatic rings. The van der Waals surface area contributed by atoms with Gasteiger partial charge in [0.05, 0.1) is 5.69 Å². The Morgan fingerprint density at radius 1 is 1.82 bits per heavy atom. The molecule has 62 valence electrons. The molecular weight excluding hydrogens is 208 g/mol. The third-order valence-corrected chi connectivity index (χ3v) is 2.23. The summed E-state index contributed by atoms with van der Waals surface area (Å²) in [6.07, 6.45) is -0.491. The third-order valence-electron chi connectivity index (χ3n) is 1.62. The van der Waals surface area contributed by atoms with Crippen LogP contribution in [-0.2, 0) is 7.05 Å². The van der Waals surface area contributed by atoms with E-state index in [9.17, 15) is 5.11 Å². The van der Waals surface area contributed by atoms with E-state index in [1.807, 2.05) is 20.0 Å². The quantitative estimate of drug-likeness (QED) is 0.758. The largest absolute Gasteiger partial charge is 0.386 e. The van der Waals surface area contributed by atoms with E-state index in [2.05, 4.69) is 21.0 Å². The van der Waals surface area contributed by atoms with Crippen LogP contribution >= 0.6 is 15.9 Å². The fourth-order valence-electron chi connectivity index (χ4n) is 0.830. The highest BCUT2D eigenvalue weighted by Crippen LogP contribution is 2.13. The van der Waals surface area contributed by atoms with Gasteiger partial charge in [-0.25, -0.2) is 0 Å². The van der Waals surface area contributed by atoms with Crippen LogP contribution in [0.3, 0.4) is 0 Å². The van der Waals surface area contributed by atoms with Crippen molar-refractivity contribution >= 4 is 15.9 Å². The number of nitrogens with zero attached hydrogens (tertiary/aromatic N) is 2. The topological polar surface area (TPSA) is 38.1 Å². The van der Waals surface area contributed by atoms with Crippen LogP contribution in [0.4, 0.5) is 0 Å². The minimum absolute atomic E-state index is 0.491. The van der Waals surface area contributed by atoms with Gasteiger partial charge in [-0.2, -0.15) is 5.10 Å². The molecule has 0 saturated carbocycles. The molecule has 0 saturated heterocycles. The molecule has 0 bridgehead atoms. The van der Waals surface area contributed by atoms with Crippen molar-refractivity contribution in [2.45, 2.75) is 13.0 Å². The summed E-state index contributed by atoms with van der Waals surface area (Å²) in [6.45, 7) is 1.96. The molecular formula is C7H11BrN2O. The maximum Gasteiger partial charge on any atom is 0.107 e. The number of aliphatic hydroxyl groups is 1. The zero-order valence-corrected chi connectivity index (χ0v) is 8.17. The molecule has 4 heteroatoms. The predicted molar refractivity (Wildman–Crippen MR) is 46.7 cm³/mol. The van der Waals surface area contributed by atoms with Crippen molar-refractivity contribution < 1.29 is 5.11 Å². The van der Waals surface area contributed by atoms with E-state index >= 15 is 0 Å². The van der Waals surface area contributed by atoms with Crippen molar-refractivity contribution in [1.29, 1.82) is 0 Å². The number of aryl methyl sites for hydroxylation is 2. The first-order chi connectivity index (χ1) is 5.15. The van der Waals surface area contributed by atoms with Crippen molar-refractivity contribution in [3.63, 3.8) is 0 Å². The van der Waals surface area contributed by atoms with Crippen molar-refractivity contribution in [3.8, 4) is 0 Å². The van der Waals surface area contributed by atoms with Gasteiger partial charge in [0.2, 0.25) is 0 Å². The van der Waals surface area contributed by atoms with Crippen LogP contribution in [0.1, 0.15) is 17.5 Å². The van der Waals surface area contributed by atoms with Crippen LogP contribution in [0.5, 0.6) is 0 Å². The van der Waals surface area contributed by atoms with Gasteiger partial charge in [-0.05, 0) is 13.0 Å². The van der Waals surface area contributed by atoms with Crippen LogP contribution in [-0.4, -0.2) is 20.2 Å². The van der Waals surface area contributed by atoms with Gasteiger partial charge in [0.25, 0.3) is 0 Å². The zero-order valence-electron chi connectivity index (χ0n) is 6.58. The minimum Gasteiger partial charge on any atom is -0.386 e. The van der Waals surface area contributed by atoms with Gasteiger partial charge >= 0.3 is 0 Å². The first kappa shape index (κ1) is 8.74. The van der Waals surface area contributed by atoms with Crippen molar-refractivity contribution in [2.24, 2.45) is 7.05 Å². The molecule has 1 unspecified atom stereocenters. The Bertz CT molecular complexity index is 227. The first-order valence-corrected chi connectivity index (χ1v) is 4.52. The van der Waals surface area contributed by atoms with Gasteiger partial charge in [-0.15, -0.1) is 0 Å². The van der Waals surface area contributed by atoms with E-state index in [1.165, 1.54) is 0 Å². The van der Waals surface area contributed by atoms with Crippen molar-refractivity contribution in [2.75, 3.05) is 5.33 Å². The van der Waals surface area contributed by atoms with Gasteiger partial charge in [0, 0.05) is 18.1 Å². The number of aromatic nitrogens is 2. The summed E-state index contributed by atoms with van der Waals surface area (Å²) in [5, 5.41) is 14.0. The van der Waals surface area contributed by atoms with Crippen LogP contribution in [0.15, 0.2) is 6.07 Å². The van der Waals surface area contributed by atoms with E-state index in [0.29, 0.717) is 5.33 Å². The Hall–Kier alpha value is -0.350. The number of hydrogen-bond donors (Lipinski definition) is 1. The zero-order chi connectivity index (χ0) is 8.43. The number of hydrogen-bond acceptors (Lipinski definition) is 2. The van der Waals surface area contributed by atoms with Crippen LogP contribution in [0.25, 0.3) is 0 Å². The number of aliphatic hydroxyl groups excluding tert-OH is 1. The van der Waals surface area contributed by atoms with E-state index in [0.717, 1.165) is 11.4 Å². The average Bonchev–Trinajstić information content (AvgIpc) is 2.31. The molecule has 0 aromatic carbocycles. The van der Waals surface area contributed by atoms with Gasteiger partial charge in [-0.1, -0.05) is 15.9 Å². The summed E-state index contributed by atoms with van der Waals surface area (Å²) in [6, 6.07) is 1.88. The molecule has 1 heterocycles. The molecule has 1 aromatic rings. The molecule has 0 radical (unpaired) electrons. The van der Waals surface area contributed by atoms with E-state index in [1.54, 1.807) is 4.68 Å². The maximum absolute atomic E-state index is 9.34. The summed E-state index contributed by atoms with van der Waals surface area (Å²) in [4.78, 5) is 0. The second-order valence-corrected chi connectivity index (χ2v) is 3.15. The lowest BCUT2D eigenvalue weighted by molar-refractivity contribution is 0.199. The molecule has 0 amide bonds. The van der Waals surface area contributed by atoms with Gasteiger partial charge in [0.1, 0.15) is 6.10 Å². The molecule has 3 nitrogen and oxygen atoms in total. The Balaban J connectivity index is 2.88. The molecule has 1 aromatic heterocycles. The average molecular weight is 219 g/mol. The molecule has 1 rings (SSSR count). The SMILES string of the molecule is Cc1cc(C(O)CBr)nn1C. The summed E-state index contributed by atoms with van der Waals surface area (Å²) >= 11 is 3.19. The summed E-state index contributed by atoms with van der Waals surface area (Å²) in [7, 11) is 1.86. The van der Waals surface area contributed by atoms with Crippen molar-refractivity contribution in [1.82, 2.24) is 9.78 Å². The molecule has 0 aliphatic heterocycles. The van der Waals surface area contributed by atoms with Crippen LogP contribution in [0, 0.1) is 6.92 Å². The lowest BCUT2D eigenvalue weighted by Crippen LogP contribution is -2.00. The molecule has 0 spiro atoms. The first-order valence-electron chi connectivity index (χ1n) is 3.39. The summed E-state index contributed by atoms with van der Waals surface area (Å²) < 4.78 is 1.75. The standard InChI is InChI=1S/C7H11BrN2O/c1-5-3-6(7(11)4-8)9-10(5)2/h3,7,11H,4H2,1-2H3. The molecule has 0 fully saturated rings. The van der Waals surface area contributed by atoms with Crippen LogP contribution in [0.2, 0.25) is 0 Å². The van der Waals surface area contributed by atoms with Crippen LogP contribution < -0.4 is 0 Å². The molecule has 11 heavy (non-hydrogen) atoms. The lowest BCUT2D eigenvalue weighted by Gasteiger charge is -1.99. The van der Waals surface area contributed by atoms with Gasteiger partial charge < -0.3 is 5.11 Å². The summed E-state index contributed by atoms with van der Waals surface area (Å²) in [5.41, 5.74) is 1.78. The van der Waals surface area contributed by atoms with E-state index < -0.39 is 6.10 Å².